The number of carbonyl (C=O) groups excluding carboxylic acids is 2. The van der Waals surface area contributed by atoms with Crippen LogP contribution in [0.4, 0.5) is 4.79 Å². The molecule has 8 nitrogen and oxygen atoms in total. The summed E-state index contributed by atoms with van der Waals surface area (Å²) < 4.78 is 10.6. The molecule has 1 fully saturated rings. The van der Waals surface area contributed by atoms with Gasteiger partial charge in [-0.3, -0.25) is 4.79 Å². The molecule has 3 N–H and O–H groups in total. The van der Waals surface area contributed by atoms with E-state index < -0.39 is 36.2 Å². The van der Waals surface area contributed by atoms with Crippen molar-refractivity contribution in [2.24, 2.45) is 0 Å². The van der Waals surface area contributed by atoms with E-state index in [1.807, 2.05) is 36.4 Å². The Labute approximate surface area is 179 Å². The van der Waals surface area contributed by atoms with Crippen molar-refractivity contribution in [1.29, 1.82) is 0 Å². The number of ether oxygens (including phenoxy) is 2. The fraction of sp³-hybridized carbons (Fsp3) is 0.348. The van der Waals surface area contributed by atoms with Crippen LogP contribution in [0.2, 0.25) is 0 Å². The third-order valence-corrected chi connectivity index (χ3v) is 5.73. The summed E-state index contributed by atoms with van der Waals surface area (Å²) in [5.74, 6) is -1.69. The molecule has 0 spiro atoms. The monoisotopic (exact) mass is 424 g/mol. The number of carboxylic acids is 1. The molecular weight excluding hydrogens is 400 g/mol. The van der Waals surface area contributed by atoms with Crippen LogP contribution in [0.1, 0.15) is 30.4 Å². The molecule has 0 saturated carbocycles. The van der Waals surface area contributed by atoms with E-state index in [1.54, 1.807) is 0 Å². The predicted molar refractivity (Wildman–Crippen MR) is 112 cm³/mol. The lowest BCUT2D eigenvalue weighted by Crippen LogP contribution is -2.51. The highest BCUT2D eigenvalue weighted by molar-refractivity contribution is 5.86. The zero-order chi connectivity index (χ0) is 22.0. The Balaban J connectivity index is 1.33. The average Bonchev–Trinajstić information content (AvgIpc) is 3.35. The number of carboxylic acid groups (broad SMARTS) is 1. The molecule has 0 bridgehead atoms. The number of fused-ring (bicyclic) bond motifs is 3. The van der Waals surface area contributed by atoms with Gasteiger partial charge in [0.05, 0.1) is 6.04 Å². The summed E-state index contributed by atoms with van der Waals surface area (Å²) in [6, 6.07) is 14.5. The average molecular weight is 424 g/mol. The summed E-state index contributed by atoms with van der Waals surface area (Å²) in [7, 11) is 0. The summed E-state index contributed by atoms with van der Waals surface area (Å²) in [6.45, 7) is 1.92. The molecule has 1 aliphatic carbocycles. The van der Waals surface area contributed by atoms with Crippen molar-refractivity contribution in [2.45, 2.75) is 37.5 Å². The van der Waals surface area contributed by atoms with Gasteiger partial charge >= 0.3 is 12.1 Å². The molecule has 0 aromatic heterocycles. The van der Waals surface area contributed by atoms with Crippen LogP contribution in [-0.2, 0) is 19.1 Å². The summed E-state index contributed by atoms with van der Waals surface area (Å²) in [5.41, 5.74) is 4.46. The number of rotatable bonds is 6. The minimum Gasteiger partial charge on any atom is -0.479 e. The molecule has 4 rings (SSSR count). The molecule has 31 heavy (non-hydrogen) atoms. The Hall–Kier alpha value is -3.39. The van der Waals surface area contributed by atoms with Crippen molar-refractivity contribution in [3.63, 3.8) is 0 Å². The second-order valence-electron chi connectivity index (χ2n) is 7.72. The van der Waals surface area contributed by atoms with Crippen LogP contribution in [0, 0.1) is 0 Å². The molecule has 0 unspecified atom stereocenters. The second-order valence-corrected chi connectivity index (χ2v) is 7.72. The summed E-state index contributed by atoms with van der Waals surface area (Å²) in [4.78, 5) is 35.8. The molecule has 8 heteroatoms. The Bertz CT molecular complexity index is 962. The van der Waals surface area contributed by atoms with E-state index in [-0.39, 0.29) is 19.1 Å². The van der Waals surface area contributed by atoms with Crippen LogP contribution in [0.15, 0.2) is 48.5 Å². The number of nitrogens with one attached hydrogen (secondary N) is 2. The fourth-order valence-corrected chi connectivity index (χ4v) is 4.17. The van der Waals surface area contributed by atoms with Gasteiger partial charge < -0.3 is 25.2 Å². The quantitative estimate of drug-likeness (QED) is 0.656. The van der Waals surface area contributed by atoms with Gasteiger partial charge in [0.25, 0.3) is 0 Å². The molecule has 162 valence electrons. The maximum atomic E-state index is 12.4. The van der Waals surface area contributed by atoms with E-state index >= 15 is 0 Å². The standard InChI is InChI=1S/C23H24N2O6/c1-13(21(26)25-19-10-11-30-20(19)22(27)28)24-23(29)31-12-18-16-8-4-2-6-14(16)15-7-3-5-9-17(15)18/h2-9,13,18-20H,10-12H2,1H3,(H,24,29)(H,25,26)(H,27,28)/t13-,19+,20-/m0/s1. The number of hydrogen-bond donors (Lipinski definition) is 3. The summed E-state index contributed by atoms with van der Waals surface area (Å²) in [6.07, 6.45) is -1.38. The topological polar surface area (TPSA) is 114 Å². The van der Waals surface area contributed by atoms with Crippen molar-refractivity contribution < 1.29 is 29.0 Å². The Morgan fingerprint density at radius 1 is 1.10 bits per heavy atom. The minimum absolute atomic E-state index is 0.0748. The molecule has 3 atom stereocenters. The third-order valence-electron chi connectivity index (χ3n) is 5.73. The summed E-state index contributed by atoms with van der Waals surface area (Å²) in [5, 5.41) is 14.3. The van der Waals surface area contributed by atoms with E-state index in [0.29, 0.717) is 6.42 Å². The largest absolute Gasteiger partial charge is 0.479 e. The number of hydrogen-bond acceptors (Lipinski definition) is 5. The zero-order valence-corrected chi connectivity index (χ0v) is 17.0. The first-order valence-electron chi connectivity index (χ1n) is 10.2. The Kier molecular flexibility index (Phi) is 5.90. The van der Waals surface area contributed by atoms with Gasteiger partial charge in [-0.15, -0.1) is 0 Å². The number of amides is 2. The maximum absolute atomic E-state index is 12.4. The zero-order valence-electron chi connectivity index (χ0n) is 17.0. The minimum atomic E-state index is -1.13. The van der Waals surface area contributed by atoms with Crippen LogP contribution < -0.4 is 10.6 Å². The van der Waals surface area contributed by atoms with Crippen LogP contribution >= 0.6 is 0 Å². The molecule has 2 aromatic carbocycles. The van der Waals surface area contributed by atoms with Crippen LogP contribution in [0.25, 0.3) is 11.1 Å². The van der Waals surface area contributed by atoms with Gasteiger partial charge in [0.2, 0.25) is 5.91 Å². The fourth-order valence-electron chi connectivity index (χ4n) is 4.17. The van der Waals surface area contributed by atoms with Gasteiger partial charge in [-0.2, -0.15) is 0 Å². The molecule has 2 aliphatic rings. The van der Waals surface area contributed by atoms with Gasteiger partial charge in [0, 0.05) is 12.5 Å². The van der Waals surface area contributed by atoms with E-state index in [2.05, 4.69) is 22.8 Å². The van der Waals surface area contributed by atoms with Crippen molar-refractivity contribution in [1.82, 2.24) is 10.6 Å². The lowest BCUT2D eigenvalue weighted by atomic mass is 9.98. The van der Waals surface area contributed by atoms with Gasteiger partial charge in [0.15, 0.2) is 6.10 Å². The number of alkyl carbamates (subject to hydrolysis) is 1. The molecule has 1 aliphatic heterocycles. The van der Waals surface area contributed by atoms with Crippen LogP contribution in [0.5, 0.6) is 0 Å². The molecule has 0 radical (unpaired) electrons. The Morgan fingerprint density at radius 2 is 1.71 bits per heavy atom. The maximum Gasteiger partial charge on any atom is 0.407 e. The molecular formula is C23H24N2O6. The molecule has 1 heterocycles. The van der Waals surface area contributed by atoms with E-state index in [1.165, 1.54) is 6.92 Å². The SMILES string of the molecule is C[C@H](NC(=O)OCC1c2ccccc2-c2ccccc21)C(=O)N[C@@H]1CCO[C@@H]1C(=O)O. The molecule has 1 saturated heterocycles. The molecule has 2 aromatic rings. The third kappa shape index (κ3) is 4.25. The lowest BCUT2D eigenvalue weighted by Gasteiger charge is -2.20. The van der Waals surface area contributed by atoms with Crippen molar-refractivity contribution in [3.8, 4) is 11.1 Å². The van der Waals surface area contributed by atoms with E-state index in [0.717, 1.165) is 22.3 Å². The number of aliphatic carboxylic acids is 1. The van der Waals surface area contributed by atoms with E-state index in [4.69, 9.17) is 14.6 Å². The Morgan fingerprint density at radius 3 is 2.32 bits per heavy atom. The highest BCUT2D eigenvalue weighted by Crippen LogP contribution is 2.44. The highest BCUT2D eigenvalue weighted by atomic mass is 16.5. The van der Waals surface area contributed by atoms with E-state index in [9.17, 15) is 14.4 Å². The van der Waals surface area contributed by atoms with Gasteiger partial charge in [-0.1, -0.05) is 48.5 Å². The van der Waals surface area contributed by atoms with Gasteiger partial charge in [0.1, 0.15) is 12.6 Å². The van der Waals surface area contributed by atoms with Crippen molar-refractivity contribution >= 4 is 18.0 Å². The first kappa shape index (κ1) is 20.9. The van der Waals surface area contributed by atoms with Crippen LogP contribution in [-0.4, -0.2) is 54.5 Å². The normalized spacial score (nSPS) is 20.4. The van der Waals surface area contributed by atoms with Crippen molar-refractivity contribution in [2.75, 3.05) is 13.2 Å². The first-order valence-corrected chi connectivity index (χ1v) is 10.2. The van der Waals surface area contributed by atoms with Crippen LogP contribution in [0.3, 0.4) is 0 Å². The van der Waals surface area contributed by atoms with Gasteiger partial charge in [-0.25, -0.2) is 9.59 Å². The smallest absolute Gasteiger partial charge is 0.407 e. The number of carbonyl (C=O) groups is 3. The van der Waals surface area contributed by atoms with Crippen molar-refractivity contribution in [3.05, 3.63) is 59.7 Å². The van der Waals surface area contributed by atoms with Gasteiger partial charge in [-0.05, 0) is 35.6 Å². The number of benzene rings is 2. The lowest BCUT2D eigenvalue weighted by molar-refractivity contribution is -0.148. The highest BCUT2D eigenvalue weighted by Gasteiger charge is 2.36. The summed E-state index contributed by atoms with van der Waals surface area (Å²) >= 11 is 0. The molecule has 2 amide bonds. The predicted octanol–water partition coefficient (Wildman–Crippen LogP) is 2.27. The first-order chi connectivity index (χ1) is 15.0. The second kappa shape index (κ2) is 8.77.